The number of aromatic nitrogens is 3. The number of nitrogens with zero attached hydrogens (tertiary/aromatic N) is 3. The fourth-order valence-electron chi connectivity index (χ4n) is 2.74. The summed E-state index contributed by atoms with van der Waals surface area (Å²) in [7, 11) is 0. The summed E-state index contributed by atoms with van der Waals surface area (Å²) in [4.78, 5) is 21.2. The molecule has 4 aromatic heterocycles. The van der Waals surface area contributed by atoms with Crippen LogP contribution in [-0.4, -0.2) is 20.4 Å². The van der Waals surface area contributed by atoms with E-state index in [1.807, 2.05) is 47.4 Å². The largest absolute Gasteiger partial charge is 0.346 e. The number of hydrogen-bond acceptors (Lipinski definition) is 5. The van der Waals surface area contributed by atoms with Crippen molar-refractivity contribution in [3.63, 3.8) is 0 Å². The lowest BCUT2D eigenvalue weighted by Gasteiger charge is -2.17. The lowest BCUT2D eigenvalue weighted by molar-refractivity contribution is -0.116. The van der Waals surface area contributed by atoms with Gasteiger partial charge in [-0.3, -0.25) is 9.78 Å². The van der Waals surface area contributed by atoms with Gasteiger partial charge in [0.25, 0.3) is 0 Å². The molecule has 4 rings (SSSR count). The minimum Gasteiger partial charge on any atom is -0.346 e. The molecule has 0 unspecified atom stereocenters. The average molecular weight is 380 g/mol. The van der Waals surface area contributed by atoms with Gasteiger partial charge in [0.15, 0.2) is 5.13 Å². The molecule has 1 amide bonds. The highest BCUT2D eigenvalue weighted by Crippen LogP contribution is 2.27. The van der Waals surface area contributed by atoms with Crippen molar-refractivity contribution in [3.05, 3.63) is 76.8 Å². The molecule has 4 heterocycles. The summed E-state index contributed by atoms with van der Waals surface area (Å²) in [5.41, 5.74) is 2.89. The maximum absolute atomic E-state index is 12.6. The molecule has 26 heavy (non-hydrogen) atoms. The van der Waals surface area contributed by atoms with Crippen molar-refractivity contribution in [1.82, 2.24) is 14.5 Å². The highest BCUT2D eigenvalue weighted by Gasteiger charge is 2.18. The smallest absolute Gasteiger partial charge is 0.228 e. The number of anilines is 1. The molecule has 130 valence electrons. The van der Waals surface area contributed by atoms with Crippen LogP contribution in [0, 0.1) is 0 Å². The quantitative estimate of drug-likeness (QED) is 0.528. The second-order valence-corrected chi connectivity index (χ2v) is 7.37. The predicted molar refractivity (Wildman–Crippen MR) is 105 cm³/mol. The zero-order chi connectivity index (χ0) is 17.8. The number of pyridine rings is 1. The third-order valence-corrected chi connectivity index (χ3v) is 5.46. The number of thiazole rings is 1. The molecule has 4 aromatic rings. The summed E-state index contributed by atoms with van der Waals surface area (Å²) < 4.78 is 2.06. The number of nitrogens with one attached hydrogen (secondary N) is 1. The first-order chi connectivity index (χ1) is 12.8. The number of carbonyl (C=O) groups is 1. The van der Waals surface area contributed by atoms with Gasteiger partial charge in [-0.15, -0.1) is 11.3 Å². The fourth-order valence-corrected chi connectivity index (χ4v) is 4.18. The van der Waals surface area contributed by atoms with E-state index in [1.165, 1.54) is 11.3 Å². The monoisotopic (exact) mass is 380 g/mol. The molecule has 1 atom stereocenters. The molecule has 0 saturated heterocycles. The second kappa shape index (κ2) is 7.63. The van der Waals surface area contributed by atoms with Crippen LogP contribution in [0.25, 0.3) is 11.3 Å². The number of amides is 1. The first-order valence-corrected chi connectivity index (χ1v) is 9.92. The van der Waals surface area contributed by atoms with Crippen LogP contribution in [0.5, 0.6) is 0 Å². The maximum atomic E-state index is 12.6. The Labute approximate surface area is 159 Å². The van der Waals surface area contributed by atoms with Crippen LogP contribution < -0.4 is 5.32 Å². The molecule has 5 nitrogen and oxygen atoms in total. The van der Waals surface area contributed by atoms with E-state index in [-0.39, 0.29) is 11.9 Å². The van der Waals surface area contributed by atoms with Gasteiger partial charge in [-0.2, -0.15) is 11.3 Å². The van der Waals surface area contributed by atoms with Gasteiger partial charge < -0.3 is 9.88 Å². The Balaban J connectivity index is 1.47. The van der Waals surface area contributed by atoms with Gasteiger partial charge in [-0.1, -0.05) is 0 Å². The first kappa shape index (κ1) is 16.7. The molecule has 0 saturated carbocycles. The van der Waals surface area contributed by atoms with Crippen LogP contribution in [0.4, 0.5) is 5.13 Å². The van der Waals surface area contributed by atoms with E-state index in [2.05, 4.69) is 31.3 Å². The Morgan fingerprint density at radius 3 is 2.81 bits per heavy atom. The SMILES string of the molecule is O=C(C[C@@H](c1ccsc1)n1cccc1)Nc1nc(-c2cccnc2)cs1. The maximum Gasteiger partial charge on any atom is 0.228 e. The Morgan fingerprint density at radius 1 is 1.19 bits per heavy atom. The van der Waals surface area contributed by atoms with Crippen LogP contribution in [0.1, 0.15) is 18.0 Å². The van der Waals surface area contributed by atoms with Crippen LogP contribution in [0.15, 0.2) is 71.3 Å². The summed E-state index contributed by atoms with van der Waals surface area (Å²) in [6, 6.07) is 9.80. The van der Waals surface area contributed by atoms with E-state index < -0.39 is 0 Å². The number of carbonyl (C=O) groups excluding carboxylic acids is 1. The summed E-state index contributed by atoms with van der Waals surface area (Å²) in [5, 5.41) is 9.57. The lowest BCUT2D eigenvalue weighted by atomic mass is 10.1. The van der Waals surface area contributed by atoms with Gasteiger partial charge in [0.05, 0.1) is 18.2 Å². The third kappa shape index (κ3) is 3.74. The van der Waals surface area contributed by atoms with Crippen molar-refractivity contribution in [2.75, 3.05) is 5.32 Å². The van der Waals surface area contributed by atoms with Crippen molar-refractivity contribution < 1.29 is 4.79 Å². The second-order valence-electron chi connectivity index (χ2n) is 5.73. The highest BCUT2D eigenvalue weighted by atomic mass is 32.1. The molecular formula is C19H16N4OS2. The lowest BCUT2D eigenvalue weighted by Crippen LogP contribution is -2.19. The van der Waals surface area contributed by atoms with Crippen LogP contribution in [-0.2, 0) is 4.79 Å². The summed E-state index contributed by atoms with van der Waals surface area (Å²) in [6.07, 6.45) is 7.82. The summed E-state index contributed by atoms with van der Waals surface area (Å²) in [5.74, 6) is -0.0537. The Bertz CT molecular complexity index is 928. The molecule has 0 aliphatic heterocycles. The van der Waals surface area contributed by atoms with Crippen LogP contribution in [0.3, 0.4) is 0 Å². The zero-order valence-electron chi connectivity index (χ0n) is 13.8. The van der Waals surface area contributed by atoms with Crippen molar-refractivity contribution in [2.24, 2.45) is 0 Å². The predicted octanol–water partition coefficient (Wildman–Crippen LogP) is 4.69. The third-order valence-electron chi connectivity index (χ3n) is 4.00. The fraction of sp³-hybridized carbons (Fsp3) is 0.105. The standard InChI is InChI=1S/C19H16N4OS2/c24-18(10-17(15-5-9-25-12-15)23-7-1-2-8-23)22-19-21-16(13-26-19)14-4-3-6-20-11-14/h1-9,11-13,17H,10H2,(H,21,22,24)/t17-/m0/s1. The van der Waals surface area contributed by atoms with Gasteiger partial charge in [0.1, 0.15) is 0 Å². The highest BCUT2D eigenvalue weighted by molar-refractivity contribution is 7.14. The van der Waals surface area contributed by atoms with Crippen LogP contribution >= 0.6 is 22.7 Å². The Hall–Kier alpha value is -2.77. The minimum absolute atomic E-state index is 0.0194. The normalized spacial score (nSPS) is 12.0. The Kier molecular flexibility index (Phi) is 4.90. The number of hydrogen-bond donors (Lipinski definition) is 1. The number of thiophene rings is 1. The summed E-state index contributed by atoms with van der Waals surface area (Å²) in [6.45, 7) is 0. The van der Waals surface area contributed by atoms with E-state index in [0.717, 1.165) is 16.8 Å². The minimum atomic E-state index is -0.0537. The molecule has 0 aliphatic rings. The van der Waals surface area contributed by atoms with Crippen LogP contribution in [0.2, 0.25) is 0 Å². The molecule has 0 aromatic carbocycles. The van der Waals surface area contributed by atoms with E-state index in [0.29, 0.717) is 11.6 Å². The van der Waals surface area contributed by atoms with Crippen molar-refractivity contribution in [1.29, 1.82) is 0 Å². The van der Waals surface area contributed by atoms with E-state index >= 15 is 0 Å². The molecule has 0 bridgehead atoms. The molecule has 0 radical (unpaired) electrons. The molecular weight excluding hydrogens is 364 g/mol. The molecule has 0 aliphatic carbocycles. The first-order valence-electron chi connectivity index (χ1n) is 8.10. The van der Waals surface area contributed by atoms with Gasteiger partial charge in [-0.25, -0.2) is 4.98 Å². The topological polar surface area (TPSA) is 59.8 Å². The van der Waals surface area contributed by atoms with Gasteiger partial charge >= 0.3 is 0 Å². The van der Waals surface area contributed by atoms with Gasteiger partial charge in [0.2, 0.25) is 5.91 Å². The molecule has 7 heteroatoms. The summed E-state index contributed by atoms with van der Waals surface area (Å²) >= 11 is 3.06. The average Bonchev–Trinajstić information content (AvgIpc) is 3.42. The van der Waals surface area contributed by atoms with E-state index in [4.69, 9.17) is 0 Å². The molecule has 0 spiro atoms. The van der Waals surface area contributed by atoms with Gasteiger partial charge in [0, 0.05) is 35.7 Å². The zero-order valence-corrected chi connectivity index (χ0v) is 15.4. The Morgan fingerprint density at radius 2 is 2.08 bits per heavy atom. The van der Waals surface area contributed by atoms with Crippen molar-refractivity contribution >= 4 is 33.7 Å². The molecule has 1 N–H and O–H groups in total. The van der Waals surface area contributed by atoms with Crippen molar-refractivity contribution in [2.45, 2.75) is 12.5 Å². The van der Waals surface area contributed by atoms with Gasteiger partial charge in [-0.05, 0) is 46.7 Å². The molecule has 0 fully saturated rings. The van der Waals surface area contributed by atoms with E-state index in [9.17, 15) is 4.79 Å². The van der Waals surface area contributed by atoms with Crippen molar-refractivity contribution in [3.8, 4) is 11.3 Å². The number of rotatable bonds is 6. The van der Waals surface area contributed by atoms with E-state index in [1.54, 1.807) is 23.7 Å².